The molecule has 0 amide bonds. The maximum absolute atomic E-state index is 12.8. The Labute approximate surface area is 131 Å². The molecule has 0 bridgehead atoms. The normalized spacial score (nSPS) is 28.1. The predicted octanol–water partition coefficient (Wildman–Crippen LogP) is 1.99. The first-order valence-electron chi connectivity index (χ1n) is 7.37. The Morgan fingerprint density at radius 3 is 2.78 bits per heavy atom. The number of nitrogens with one attached hydrogen (secondary N) is 2. The van der Waals surface area contributed by atoms with Crippen molar-refractivity contribution in [2.45, 2.75) is 32.0 Å². The number of hydroxylamine groups is 1. The van der Waals surface area contributed by atoms with E-state index in [4.69, 9.17) is 0 Å². The quantitative estimate of drug-likeness (QED) is 0.692. The van der Waals surface area contributed by atoms with Gasteiger partial charge in [-0.05, 0) is 30.5 Å². The van der Waals surface area contributed by atoms with E-state index in [1.165, 1.54) is 12.1 Å². The summed E-state index contributed by atoms with van der Waals surface area (Å²) in [5.41, 5.74) is 3.45. The van der Waals surface area contributed by atoms with Crippen molar-refractivity contribution >= 4 is 5.70 Å². The molecule has 3 N–H and O–H groups in total. The Morgan fingerprint density at radius 2 is 2.09 bits per heavy atom. The number of halogens is 3. The van der Waals surface area contributed by atoms with Crippen molar-refractivity contribution in [3.8, 4) is 0 Å². The highest BCUT2D eigenvalue weighted by atomic mass is 19.4. The fourth-order valence-corrected chi connectivity index (χ4v) is 3.07. The van der Waals surface area contributed by atoms with E-state index in [1.54, 1.807) is 6.08 Å². The summed E-state index contributed by atoms with van der Waals surface area (Å²) in [6.07, 6.45) is -2.52. The van der Waals surface area contributed by atoms with Crippen molar-refractivity contribution in [2.24, 2.45) is 5.92 Å². The zero-order chi connectivity index (χ0) is 16.8. The maximum atomic E-state index is 12.8. The van der Waals surface area contributed by atoms with Gasteiger partial charge in [-0.1, -0.05) is 19.1 Å². The molecule has 0 radical (unpaired) electrons. The average molecular weight is 326 g/mol. The zero-order valence-electron chi connectivity index (χ0n) is 12.4. The van der Waals surface area contributed by atoms with Gasteiger partial charge in [-0.2, -0.15) is 13.2 Å². The summed E-state index contributed by atoms with van der Waals surface area (Å²) in [4.78, 5) is 0. The van der Waals surface area contributed by atoms with Gasteiger partial charge in [-0.15, -0.1) is 0 Å². The van der Waals surface area contributed by atoms with Crippen LogP contribution < -0.4 is 10.6 Å². The molecule has 3 unspecified atom stereocenters. The van der Waals surface area contributed by atoms with Gasteiger partial charge in [0.1, 0.15) is 5.70 Å². The van der Waals surface area contributed by atoms with Crippen LogP contribution in [0.1, 0.15) is 30.9 Å². The third kappa shape index (κ3) is 3.12. The first-order valence-corrected chi connectivity index (χ1v) is 7.37. The van der Waals surface area contributed by atoms with Gasteiger partial charge < -0.3 is 10.3 Å². The lowest BCUT2D eigenvalue weighted by Crippen LogP contribution is -3.12. The van der Waals surface area contributed by atoms with Crippen molar-refractivity contribution in [3.63, 3.8) is 0 Å². The minimum Gasteiger partial charge on any atom is -0.603 e. The SMILES string of the molecule is CC1CC2=C(C=C(c3cccc(C(F)(F)F)c3)N[NH+]2[O-])C(O)C1. The highest BCUT2D eigenvalue weighted by Gasteiger charge is 2.34. The Hall–Kier alpha value is -1.83. The van der Waals surface area contributed by atoms with Crippen LogP contribution in [0.4, 0.5) is 13.2 Å². The Bertz CT molecular complexity index is 682. The number of benzene rings is 1. The lowest BCUT2D eigenvalue weighted by molar-refractivity contribution is -0.850. The topological polar surface area (TPSA) is 59.8 Å². The van der Waals surface area contributed by atoms with Gasteiger partial charge in [0.2, 0.25) is 0 Å². The van der Waals surface area contributed by atoms with Crippen molar-refractivity contribution < 1.29 is 23.4 Å². The molecular formula is C16H17F3N2O2. The van der Waals surface area contributed by atoms with Crippen LogP contribution in [-0.4, -0.2) is 11.2 Å². The molecule has 2 aliphatic rings. The van der Waals surface area contributed by atoms with Gasteiger partial charge in [-0.3, -0.25) is 0 Å². The third-order valence-electron chi connectivity index (χ3n) is 4.21. The van der Waals surface area contributed by atoms with Crippen molar-refractivity contribution in [1.29, 1.82) is 0 Å². The highest BCUT2D eigenvalue weighted by Crippen LogP contribution is 2.33. The predicted molar refractivity (Wildman–Crippen MR) is 78.3 cm³/mol. The van der Waals surface area contributed by atoms with Crippen LogP contribution >= 0.6 is 0 Å². The maximum Gasteiger partial charge on any atom is 0.416 e. The molecule has 0 saturated heterocycles. The summed E-state index contributed by atoms with van der Waals surface area (Å²) in [6.45, 7) is 1.95. The molecule has 1 aliphatic heterocycles. The van der Waals surface area contributed by atoms with E-state index >= 15 is 0 Å². The molecule has 0 saturated carbocycles. The van der Waals surface area contributed by atoms with Gasteiger partial charge in [0.25, 0.3) is 0 Å². The number of allylic oxidation sites excluding steroid dienone is 1. The van der Waals surface area contributed by atoms with E-state index in [1.807, 2.05) is 6.92 Å². The van der Waals surface area contributed by atoms with Crippen molar-refractivity contribution in [1.82, 2.24) is 5.43 Å². The van der Waals surface area contributed by atoms with Gasteiger partial charge in [0, 0.05) is 17.6 Å². The van der Waals surface area contributed by atoms with Crippen LogP contribution in [0.5, 0.6) is 0 Å². The van der Waals surface area contributed by atoms with Gasteiger partial charge in [-0.25, -0.2) is 10.6 Å². The van der Waals surface area contributed by atoms with Crippen LogP contribution in [0.15, 0.2) is 41.6 Å². The van der Waals surface area contributed by atoms with E-state index in [0.29, 0.717) is 24.1 Å². The molecule has 124 valence electrons. The summed E-state index contributed by atoms with van der Waals surface area (Å²) in [6, 6.07) is 4.78. The molecule has 1 aromatic rings. The summed E-state index contributed by atoms with van der Waals surface area (Å²) < 4.78 is 38.5. The number of alkyl halides is 3. The first-order chi connectivity index (χ1) is 10.8. The summed E-state index contributed by atoms with van der Waals surface area (Å²) in [7, 11) is 0. The van der Waals surface area contributed by atoms with Gasteiger partial charge in [0.05, 0.1) is 17.4 Å². The van der Waals surface area contributed by atoms with Crippen LogP contribution in [0.2, 0.25) is 0 Å². The second-order valence-corrected chi connectivity index (χ2v) is 6.09. The Morgan fingerprint density at radius 1 is 1.35 bits per heavy atom. The standard InChI is InChI=1S/C16H17F3N2O2/c1-9-5-14-12(15(22)6-9)8-13(20-21(14)23)10-3-2-4-11(7-10)16(17,18)19/h2-4,7-9,15,20-22H,5-6H2,1H3. The first kappa shape index (κ1) is 16.0. The Balaban J connectivity index is 2.00. The van der Waals surface area contributed by atoms with E-state index in [2.05, 4.69) is 5.43 Å². The largest absolute Gasteiger partial charge is 0.603 e. The minimum atomic E-state index is -4.44. The van der Waals surface area contributed by atoms with Crippen LogP contribution in [0.3, 0.4) is 0 Å². The number of quaternary nitrogens is 1. The highest BCUT2D eigenvalue weighted by molar-refractivity contribution is 5.68. The van der Waals surface area contributed by atoms with E-state index < -0.39 is 17.8 Å². The Kier molecular flexibility index (Phi) is 3.95. The molecule has 0 fully saturated rings. The molecule has 4 nitrogen and oxygen atoms in total. The molecular weight excluding hydrogens is 309 g/mol. The van der Waals surface area contributed by atoms with Crippen molar-refractivity contribution in [2.75, 3.05) is 0 Å². The molecule has 0 spiro atoms. The number of aliphatic hydroxyl groups is 1. The molecule has 7 heteroatoms. The van der Waals surface area contributed by atoms with E-state index in [-0.39, 0.29) is 22.4 Å². The summed E-state index contributed by atoms with van der Waals surface area (Å²) in [5, 5.41) is 22.1. The lowest BCUT2D eigenvalue weighted by atomic mass is 9.85. The fourth-order valence-electron chi connectivity index (χ4n) is 3.07. The fraction of sp³-hybridized carbons (Fsp3) is 0.375. The van der Waals surface area contributed by atoms with E-state index in [9.17, 15) is 23.5 Å². The van der Waals surface area contributed by atoms with Crippen LogP contribution in [0, 0.1) is 11.1 Å². The summed E-state index contributed by atoms with van der Waals surface area (Å²) in [5.74, 6) is 0.193. The van der Waals surface area contributed by atoms with Gasteiger partial charge >= 0.3 is 6.18 Å². The van der Waals surface area contributed by atoms with Crippen LogP contribution in [0.25, 0.3) is 5.70 Å². The molecule has 1 aromatic carbocycles. The molecule has 1 heterocycles. The smallest absolute Gasteiger partial charge is 0.416 e. The zero-order valence-corrected chi connectivity index (χ0v) is 12.4. The monoisotopic (exact) mass is 326 g/mol. The molecule has 23 heavy (non-hydrogen) atoms. The lowest BCUT2D eigenvalue weighted by Gasteiger charge is -2.37. The van der Waals surface area contributed by atoms with E-state index in [0.717, 1.165) is 12.1 Å². The van der Waals surface area contributed by atoms with Crippen molar-refractivity contribution in [3.05, 3.63) is 57.9 Å². The number of aliphatic hydroxyl groups excluding tert-OH is 1. The number of rotatable bonds is 1. The second-order valence-electron chi connectivity index (χ2n) is 6.09. The average Bonchev–Trinajstić information content (AvgIpc) is 2.47. The molecule has 3 rings (SSSR count). The molecule has 3 atom stereocenters. The number of hydrogen-bond donors (Lipinski definition) is 3. The van der Waals surface area contributed by atoms with Gasteiger partial charge in [0.15, 0.2) is 0 Å². The second kappa shape index (κ2) is 5.67. The minimum absolute atomic E-state index is 0.193. The third-order valence-corrected chi connectivity index (χ3v) is 4.21. The molecule has 1 aliphatic carbocycles. The summed E-state index contributed by atoms with van der Waals surface area (Å²) >= 11 is 0. The van der Waals surface area contributed by atoms with Crippen LogP contribution in [-0.2, 0) is 6.18 Å². The molecule has 0 aromatic heterocycles. The number of hydrogen-bond acceptors (Lipinski definition) is 3.